The summed E-state index contributed by atoms with van der Waals surface area (Å²) in [6.07, 6.45) is 0. The molecule has 1 aliphatic heterocycles. The zero-order valence-electron chi connectivity index (χ0n) is 12.5. The van der Waals surface area contributed by atoms with E-state index in [0.717, 1.165) is 13.1 Å². The van der Waals surface area contributed by atoms with Gasteiger partial charge in [-0.15, -0.1) is 0 Å². The fourth-order valence-corrected chi connectivity index (χ4v) is 2.90. The summed E-state index contributed by atoms with van der Waals surface area (Å²) in [7, 11) is 2.15. The largest absolute Gasteiger partial charge is 0.395 e. The first-order valence-corrected chi connectivity index (χ1v) is 7.08. The molecule has 106 valence electrons. The summed E-state index contributed by atoms with van der Waals surface area (Å²) in [5, 5.41) is 9.68. The lowest BCUT2D eigenvalue weighted by molar-refractivity contribution is -0.0396. The molecule has 3 heteroatoms. The van der Waals surface area contributed by atoms with Gasteiger partial charge < -0.3 is 5.11 Å². The van der Waals surface area contributed by atoms with Crippen molar-refractivity contribution in [3.63, 3.8) is 0 Å². The minimum absolute atomic E-state index is 0.148. The van der Waals surface area contributed by atoms with E-state index in [1.165, 1.54) is 5.56 Å². The quantitative estimate of drug-likeness (QED) is 0.904. The molecule has 0 amide bonds. The maximum Gasteiger partial charge on any atom is 0.0599 e. The predicted molar refractivity (Wildman–Crippen MR) is 79.1 cm³/mol. The highest BCUT2D eigenvalue weighted by Gasteiger charge is 2.38. The molecule has 0 bridgehead atoms. The Morgan fingerprint density at radius 3 is 2.53 bits per heavy atom. The van der Waals surface area contributed by atoms with Crippen LogP contribution in [0, 0.1) is 0 Å². The molecule has 1 N–H and O–H groups in total. The molecule has 2 unspecified atom stereocenters. The van der Waals surface area contributed by atoms with Crippen molar-refractivity contribution in [1.29, 1.82) is 0 Å². The van der Waals surface area contributed by atoms with Gasteiger partial charge in [0.1, 0.15) is 0 Å². The van der Waals surface area contributed by atoms with Crippen LogP contribution >= 0.6 is 0 Å². The van der Waals surface area contributed by atoms with E-state index < -0.39 is 0 Å². The Morgan fingerprint density at radius 2 is 1.95 bits per heavy atom. The zero-order chi connectivity index (χ0) is 14.0. The molecule has 2 rings (SSSR count). The summed E-state index contributed by atoms with van der Waals surface area (Å²) in [6, 6.07) is 11.1. The molecule has 1 aliphatic rings. The topological polar surface area (TPSA) is 26.7 Å². The molecule has 1 heterocycles. The highest BCUT2D eigenvalue weighted by atomic mass is 16.3. The lowest BCUT2D eigenvalue weighted by atomic mass is 9.93. The Balaban J connectivity index is 2.21. The van der Waals surface area contributed by atoms with Gasteiger partial charge in [-0.05, 0) is 33.4 Å². The van der Waals surface area contributed by atoms with Crippen molar-refractivity contribution in [1.82, 2.24) is 9.80 Å². The maximum absolute atomic E-state index is 9.68. The van der Waals surface area contributed by atoms with Crippen LogP contribution in [0.3, 0.4) is 0 Å². The second kappa shape index (κ2) is 5.61. The Morgan fingerprint density at radius 1 is 1.32 bits per heavy atom. The van der Waals surface area contributed by atoms with Crippen molar-refractivity contribution in [2.24, 2.45) is 0 Å². The Hall–Kier alpha value is -0.900. The van der Waals surface area contributed by atoms with E-state index in [9.17, 15) is 5.11 Å². The van der Waals surface area contributed by atoms with Gasteiger partial charge >= 0.3 is 0 Å². The van der Waals surface area contributed by atoms with Crippen molar-refractivity contribution in [2.45, 2.75) is 38.4 Å². The standard InChI is InChI=1S/C16H26N2O/c1-13(14-8-6-5-7-9-14)18-12-16(2,3)17(4)10-15(18)11-19/h5-9,13,15,19H,10-12H2,1-4H3. The third-order valence-corrected chi connectivity index (χ3v) is 4.55. The van der Waals surface area contributed by atoms with Gasteiger partial charge in [0.2, 0.25) is 0 Å². The second-order valence-corrected chi connectivity index (χ2v) is 6.29. The average molecular weight is 262 g/mol. The van der Waals surface area contributed by atoms with Crippen molar-refractivity contribution in [2.75, 3.05) is 26.7 Å². The van der Waals surface area contributed by atoms with Crippen molar-refractivity contribution in [3.05, 3.63) is 35.9 Å². The van der Waals surface area contributed by atoms with Crippen LogP contribution in [0.25, 0.3) is 0 Å². The molecule has 3 nitrogen and oxygen atoms in total. The number of rotatable bonds is 3. The van der Waals surface area contributed by atoms with Crippen LogP contribution in [0.1, 0.15) is 32.4 Å². The molecule has 1 aromatic rings. The van der Waals surface area contributed by atoms with E-state index in [-0.39, 0.29) is 18.2 Å². The maximum atomic E-state index is 9.68. The lowest BCUT2D eigenvalue weighted by Crippen LogP contribution is -2.63. The zero-order valence-corrected chi connectivity index (χ0v) is 12.5. The van der Waals surface area contributed by atoms with Gasteiger partial charge in [0.15, 0.2) is 0 Å². The van der Waals surface area contributed by atoms with Gasteiger partial charge in [0.25, 0.3) is 0 Å². The van der Waals surface area contributed by atoms with E-state index >= 15 is 0 Å². The third-order valence-electron chi connectivity index (χ3n) is 4.55. The summed E-state index contributed by atoms with van der Waals surface area (Å²) in [4.78, 5) is 4.79. The summed E-state index contributed by atoms with van der Waals surface area (Å²) in [6.45, 7) is 8.89. The third kappa shape index (κ3) is 2.99. The number of aliphatic hydroxyl groups excluding tert-OH is 1. The molecule has 0 saturated carbocycles. The number of aliphatic hydroxyl groups is 1. The monoisotopic (exact) mass is 262 g/mol. The second-order valence-electron chi connectivity index (χ2n) is 6.29. The van der Waals surface area contributed by atoms with Crippen LogP contribution in [-0.4, -0.2) is 53.2 Å². The van der Waals surface area contributed by atoms with Gasteiger partial charge in [-0.2, -0.15) is 0 Å². The molecule has 2 atom stereocenters. The van der Waals surface area contributed by atoms with Crippen LogP contribution < -0.4 is 0 Å². The fourth-order valence-electron chi connectivity index (χ4n) is 2.90. The molecule has 1 fully saturated rings. The summed E-state index contributed by atoms with van der Waals surface area (Å²) in [5.41, 5.74) is 1.47. The Kier molecular flexibility index (Phi) is 4.29. The molecule has 0 aliphatic carbocycles. The highest BCUT2D eigenvalue weighted by molar-refractivity contribution is 5.19. The van der Waals surface area contributed by atoms with E-state index in [4.69, 9.17) is 0 Å². The molecule has 0 radical (unpaired) electrons. The predicted octanol–water partition coefficient (Wildman–Crippen LogP) is 2.13. The van der Waals surface area contributed by atoms with Gasteiger partial charge in [0.05, 0.1) is 6.61 Å². The van der Waals surface area contributed by atoms with Crippen molar-refractivity contribution in [3.8, 4) is 0 Å². The molecule has 1 aromatic carbocycles. The lowest BCUT2D eigenvalue weighted by Gasteiger charge is -2.51. The van der Waals surface area contributed by atoms with Gasteiger partial charge in [0, 0.05) is 30.7 Å². The van der Waals surface area contributed by atoms with E-state index in [1.54, 1.807) is 0 Å². The smallest absolute Gasteiger partial charge is 0.0599 e. The SMILES string of the molecule is CC(c1ccccc1)N1CC(C)(C)N(C)CC1CO. The molecular weight excluding hydrogens is 236 g/mol. The summed E-state index contributed by atoms with van der Waals surface area (Å²) >= 11 is 0. The minimum atomic E-state index is 0.148. The van der Waals surface area contributed by atoms with Gasteiger partial charge in [-0.3, -0.25) is 9.80 Å². The van der Waals surface area contributed by atoms with E-state index in [1.807, 2.05) is 6.07 Å². The number of likely N-dealkylation sites (N-methyl/N-ethyl adjacent to an activating group) is 1. The Bertz CT molecular complexity index is 404. The van der Waals surface area contributed by atoms with E-state index in [2.05, 4.69) is 61.9 Å². The first kappa shape index (κ1) is 14.5. The normalized spacial score (nSPS) is 26.3. The fraction of sp³-hybridized carbons (Fsp3) is 0.625. The van der Waals surface area contributed by atoms with Crippen LogP contribution in [0.15, 0.2) is 30.3 Å². The minimum Gasteiger partial charge on any atom is -0.395 e. The van der Waals surface area contributed by atoms with Gasteiger partial charge in [-0.1, -0.05) is 30.3 Å². The number of hydrogen-bond donors (Lipinski definition) is 1. The first-order chi connectivity index (χ1) is 8.95. The number of benzene rings is 1. The Labute approximate surface area is 116 Å². The summed E-state index contributed by atoms with van der Waals surface area (Å²) in [5.74, 6) is 0. The average Bonchev–Trinajstić information content (AvgIpc) is 2.41. The molecule has 19 heavy (non-hydrogen) atoms. The van der Waals surface area contributed by atoms with Gasteiger partial charge in [-0.25, -0.2) is 0 Å². The van der Waals surface area contributed by atoms with Crippen LogP contribution in [0.2, 0.25) is 0 Å². The summed E-state index contributed by atoms with van der Waals surface area (Å²) < 4.78 is 0. The van der Waals surface area contributed by atoms with Crippen LogP contribution in [-0.2, 0) is 0 Å². The highest BCUT2D eigenvalue weighted by Crippen LogP contribution is 2.30. The van der Waals surface area contributed by atoms with Crippen molar-refractivity contribution >= 4 is 0 Å². The molecule has 1 saturated heterocycles. The number of piperazine rings is 1. The first-order valence-electron chi connectivity index (χ1n) is 7.08. The number of nitrogens with zero attached hydrogens (tertiary/aromatic N) is 2. The van der Waals surface area contributed by atoms with Crippen LogP contribution in [0.4, 0.5) is 0 Å². The molecule has 0 aromatic heterocycles. The molecule has 0 spiro atoms. The van der Waals surface area contributed by atoms with Crippen molar-refractivity contribution < 1.29 is 5.11 Å². The van der Waals surface area contributed by atoms with Crippen LogP contribution in [0.5, 0.6) is 0 Å². The number of hydrogen-bond acceptors (Lipinski definition) is 3. The molecular formula is C16H26N2O. The van der Waals surface area contributed by atoms with E-state index in [0.29, 0.717) is 6.04 Å².